The average molecular weight is 745 g/mol. The molecule has 254 valence electrons. The van der Waals surface area contributed by atoms with Gasteiger partial charge in [-0.05, 0) is 75.6 Å². The summed E-state index contributed by atoms with van der Waals surface area (Å²) in [6, 6.07) is 38.0. The fraction of sp³-hybridized carbons (Fsp3) is 0.179. The fourth-order valence-corrected chi connectivity index (χ4v) is 9.57. The number of hydrogen-bond donors (Lipinski definition) is 0. The molecule has 0 unspecified atom stereocenters. The van der Waals surface area contributed by atoms with Crippen molar-refractivity contribution in [2.45, 2.75) is 45.2 Å². The maximum absolute atomic E-state index is 7.03. The van der Waals surface area contributed by atoms with E-state index in [0.717, 1.165) is 67.9 Å². The summed E-state index contributed by atoms with van der Waals surface area (Å²) in [5.74, 6) is 2.39. The summed E-state index contributed by atoms with van der Waals surface area (Å²) in [4.78, 5) is 12.8. The number of halogens is 1. The number of aromatic nitrogens is 8. The monoisotopic (exact) mass is 744 g/mol. The van der Waals surface area contributed by atoms with Crippen molar-refractivity contribution < 1.29 is 0 Å². The summed E-state index contributed by atoms with van der Waals surface area (Å²) < 4.78 is 8.49. The second-order valence-electron chi connectivity index (χ2n) is 12.2. The van der Waals surface area contributed by atoms with E-state index in [9.17, 15) is 0 Å². The van der Waals surface area contributed by atoms with Crippen molar-refractivity contribution in [1.29, 1.82) is 0 Å². The van der Waals surface area contributed by atoms with Gasteiger partial charge in [-0.2, -0.15) is 4.37 Å². The van der Waals surface area contributed by atoms with Gasteiger partial charge in [0.2, 0.25) is 0 Å². The molecule has 12 heteroatoms. The van der Waals surface area contributed by atoms with Crippen LogP contribution in [0.15, 0.2) is 115 Å². The zero-order valence-electron chi connectivity index (χ0n) is 28.0. The second kappa shape index (κ2) is 14.4. The van der Waals surface area contributed by atoms with Gasteiger partial charge in [-0.15, -0.1) is 27.8 Å². The zero-order valence-corrected chi connectivity index (χ0v) is 31.2. The van der Waals surface area contributed by atoms with E-state index in [-0.39, 0.29) is 0 Å². The van der Waals surface area contributed by atoms with E-state index in [1.54, 1.807) is 22.7 Å². The molecular weight excluding hydrogens is 712 g/mol. The molecule has 0 aliphatic carbocycles. The number of hydrogen-bond acceptors (Lipinski definition) is 9. The zero-order chi connectivity index (χ0) is 34.8. The number of unbranched alkanes of at least 4 members (excludes halogenated alkanes) is 1. The molecular formula is C39H33ClN8S3. The Labute approximate surface area is 313 Å². The van der Waals surface area contributed by atoms with Crippen LogP contribution in [0, 0.1) is 6.92 Å². The van der Waals surface area contributed by atoms with Gasteiger partial charge in [0.25, 0.3) is 0 Å². The number of thiophene rings is 2. The highest BCUT2D eigenvalue weighted by Crippen LogP contribution is 2.45. The standard InChI is InChI=1S/C39H33ClN8S3/c1-3-4-20-33-42-34(38-41-26(2)44-51-38)36(40)47(33)25-30-21-22-32(50-30)31-23-24-49-35(31)37-43-45-46-48(37)39(27-14-8-5-9-15-27,28-16-10-6-11-17-28)29-18-12-7-13-19-29/h5-19,21-24H,3-4,20,25H2,1-2H3. The third kappa shape index (κ3) is 6.14. The minimum absolute atomic E-state index is 0.599. The van der Waals surface area contributed by atoms with E-state index >= 15 is 0 Å². The number of rotatable bonds is 12. The highest BCUT2D eigenvalue weighted by molar-refractivity contribution is 7.17. The highest BCUT2D eigenvalue weighted by Gasteiger charge is 2.42. The molecule has 0 fully saturated rings. The maximum Gasteiger partial charge on any atom is 0.194 e. The molecule has 51 heavy (non-hydrogen) atoms. The first-order valence-electron chi connectivity index (χ1n) is 16.8. The van der Waals surface area contributed by atoms with Crippen molar-refractivity contribution in [2.24, 2.45) is 0 Å². The maximum atomic E-state index is 7.03. The topological polar surface area (TPSA) is 87.2 Å². The lowest BCUT2D eigenvalue weighted by Gasteiger charge is -2.36. The second-order valence-corrected chi connectivity index (χ2v) is 15.4. The number of benzene rings is 3. The molecule has 0 amide bonds. The Morgan fingerprint density at radius 3 is 2.08 bits per heavy atom. The summed E-state index contributed by atoms with van der Waals surface area (Å²) >= 11 is 11.8. The van der Waals surface area contributed by atoms with E-state index in [2.05, 4.69) is 122 Å². The number of nitrogens with zero attached hydrogens (tertiary/aromatic N) is 8. The Bertz CT molecular complexity index is 2280. The number of tetrazole rings is 1. The van der Waals surface area contributed by atoms with Gasteiger partial charge < -0.3 is 4.57 Å². The van der Waals surface area contributed by atoms with Gasteiger partial charge in [-0.1, -0.05) is 116 Å². The number of aryl methyl sites for hydroxylation is 2. The van der Waals surface area contributed by atoms with Crippen LogP contribution in [0.3, 0.4) is 0 Å². The molecule has 3 aromatic carbocycles. The van der Waals surface area contributed by atoms with Gasteiger partial charge in [-0.3, -0.25) is 0 Å². The SMILES string of the molecule is CCCCc1nc(-c2nc(C)ns2)c(Cl)n1Cc1ccc(-c2ccsc2-c2nnnn2C(c2ccccc2)(c2ccccc2)c2ccccc2)s1. The fourth-order valence-electron chi connectivity index (χ4n) is 6.59. The average Bonchev–Trinajstić information content (AvgIpc) is 4.02. The van der Waals surface area contributed by atoms with Gasteiger partial charge in [0.1, 0.15) is 28.0 Å². The Kier molecular flexibility index (Phi) is 9.44. The van der Waals surface area contributed by atoms with E-state index < -0.39 is 5.54 Å². The lowest BCUT2D eigenvalue weighted by atomic mass is 9.77. The molecule has 0 radical (unpaired) electrons. The molecule has 8 aromatic rings. The normalized spacial score (nSPS) is 11.7. The minimum Gasteiger partial charge on any atom is -0.313 e. The largest absolute Gasteiger partial charge is 0.313 e. The summed E-state index contributed by atoms with van der Waals surface area (Å²) in [7, 11) is 0. The Hall–Kier alpha value is -4.81. The van der Waals surface area contributed by atoms with Crippen LogP contribution in [0.1, 0.15) is 53.0 Å². The molecule has 0 aliphatic rings. The first-order valence-corrected chi connectivity index (χ1v) is 19.6. The van der Waals surface area contributed by atoms with Crippen LogP contribution in [0.25, 0.3) is 31.8 Å². The predicted octanol–water partition coefficient (Wildman–Crippen LogP) is 10.0. The van der Waals surface area contributed by atoms with E-state index in [1.807, 2.05) is 29.8 Å². The summed E-state index contributed by atoms with van der Waals surface area (Å²) in [5, 5.41) is 17.3. The third-order valence-electron chi connectivity index (χ3n) is 8.94. The number of imidazole rings is 1. The van der Waals surface area contributed by atoms with Gasteiger partial charge in [-0.25, -0.2) is 14.6 Å². The van der Waals surface area contributed by atoms with Crippen LogP contribution in [0.4, 0.5) is 0 Å². The first-order chi connectivity index (χ1) is 25.1. The third-order valence-corrected chi connectivity index (χ3v) is 12.1. The summed E-state index contributed by atoms with van der Waals surface area (Å²) in [6.07, 6.45) is 2.94. The molecule has 0 saturated heterocycles. The van der Waals surface area contributed by atoms with E-state index in [4.69, 9.17) is 26.9 Å². The van der Waals surface area contributed by atoms with Crippen LogP contribution >= 0.6 is 45.8 Å². The molecule has 0 N–H and O–H groups in total. The van der Waals surface area contributed by atoms with E-state index in [1.165, 1.54) is 16.4 Å². The molecule has 8 rings (SSSR count). The Morgan fingerprint density at radius 2 is 1.47 bits per heavy atom. The molecule has 5 aromatic heterocycles. The Morgan fingerprint density at radius 1 is 0.804 bits per heavy atom. The van der Waals surface area contributed by atoms with Gasteiger partial charge >= 0.3 is 0 Å². The van der Waals surface area contributed by atoms with Crippen LogP contribution < -0.4 is 0 Å². The van der Waals surface area contributed by atoms with Crippen molar-refractivity contribution >= 4 is 45.8 Å². The quantitative estimate of drug-likeness (QED) is 0.116. The van der Waals surface area contributed by atoms with Gasteiger partial charge in [0.05, 0.1) is 11.4 Å². The van der Waals surface area contributed by atoms with E-state index in [0.29, 0.717) is 23.2 Å². The summed E-state index contributed by atoms with van der Waals surface area (Å²) in [6.45, 7) is 4.69. The first kappa shape index (κ1) is 33.3. The molecule has 0 saturated carbocycles. The van der Waals surface area contributed by atoms with Crippen LogP contribution in [0.5, 0.6) is 0 Å². The van der Waals surface area contributed by atoms with Crippen molar-refractivity contribution in [3.8, 4) is 31.8 Å². The van der Waals surface area contributed by atoms with Crippen molar-refractivity contribution in [3.05, 3.63) is 153 Å². The molecule has 0 aliphatic heterocycles. The molecule has 0 atom stereocenters. The van der Waals surface area contributed by atoms with Gasteiger partial charge in [0, 0.05) is 21.7 Å². The smallest absolute Gasteiger partial charge is 0.194 e. The lowest BCUT2D eigenvalue weighted by Crippen LogP contribution is -2.39. The lowest BCUT2D eigenvalue weighted by molar-refractivity contribution is 0.451. The predicted molar refractivity (Wildman–Crippen MR) is 208 cm³/mol. The van der Waals surface area contributed by atoms with Gasteiger partial charge in [0.15, 0.2) is 10.8 Å². The minimum atomic E-state index is -0.833. The van der Waals surface area contributed by atoms with Crippen molar-refractivity contribution in [2.75, 3.05) is 0 Å². The van der Waals surface area contributed by atoms with Crippen LogP contribution in [0.2, 0.25) is 5.15 Å². The molecule has 0 bridgehead atoms. The Balaban J connectivity index is 1.21. The summed E-state index contributed by atoms with van der Waals surface area (Å²) in [5.41, 5.74) is 4.14. The van der Waals surface area contributed by atoms with Crippen LogP contribution in [-0.2, 0) is 18.5 Å². The van der Waals surface area contributed by atoms with Crippen LogP contribution in [-0.4, -0.2) is 39.1 Å². The van der Waals surface area contributed by atoms with Crippen molar-refractivity contribution in [3.63, 3.8) is 0 Å². The molecule has 5 heterocycles. The highest BCUT2D eigenvalue weighted by atomic mass is 35.5. The molecule has 8 nitrogen and oxygen atoms in total. The van der Waals surface area contributed by atoms with Crippen molar-refractivity contribution in [1.82, 2.24) is 39.1 Å². The molecule has 0 spiro atoms.